The van der Waals surface area contributed by atoms with E-state index in [9.17, 15) is 9.59 Å². The molecule has 120 valence electrons. The lowest BCUT2D eigenvalue weighted by Gasteiger charge is -2.33. The SMILES string of the molecule is COC(=O)N1CCCC[C@H]1C(=O)NCCCC1CCCC1. The van der Waals surface area contributed by atoms with Crippen LogP contribution in [0.1, 0.15) is 57.8 Å². The van der Waals surface area contributed by atoms with E-state index < -0.39 is 0 Å². The molecule has 0 aromatic carbocycles. The summed E-state index contributed by atoms with van der Waals surface area (Å²) >= 11 is 0. The van der Waals surface area contributed by atoms with Crippen LogP contribution in [-0.4, -0.2) is 43.1 Å². The van der Waals surface area contributed by atoms with Crippen LogP contribution < -0.4 is 5.32 Å². The zero-order valence-corrected chi connectivity index (χ0v) is 13.1. The van der Waals surface area contributed by atoms with Gasteiger partial charge in [0.1, 0.15) is 6.04 Å². The highest BCUT2D eigenvalue weighted by Gasteiger charge is 2.32. The van der Waals surface area contributed by atoms with Crippen LogP contribution in [0.3, 0.4) is 0 Å². The average molecular weight is 296 g/mol. The van der Waals surface area contributed by atoms with Gasteiger partial charge in [0.2, 0.25) is 5.91 Å². The minimum atomic E-state index is -0.388. The molecule has 1 heterocycles. The topological polar surface area (TPSA) is 58.6 Å². The van der Waals surface area contributed by atoms with Crippen LogP contribution in [0.4, 0.5) is 4.79 Å². The Morgan fingerprint density at radius 3 is 2.57 bits per heavy atom. The molecule has 2 rings (SSSR count). The van der Waals surface area contributed by atoms with Crippen molar-refractivity contribution < 1.29 is 14.3 Å². The van der Waals surface area contributed by atoms with Crippen molar-refractivity contribution in [2.24, 2.45) is 5.92 Å². The summed E-state index contributed by atoms with van der Waals surface area (Å²) in [4.78, 5) is 25.5. The first-order valence-electron chi connectivity index (χ1n) is 8.34. The number of carbonyl (C=O) groups is 2. The maximum Gasteiger partial charge on any atom is 0.410 e. The van der Waals surface area contributed by atoms with Crippen molar-refractivity contribution in [1.29, 1.82) is 0 Å². The minimum Gasteiger partial charge on any atom is -0.453 e. The van der Waals surface area contributed by atoms with E-state index in [-0.39, 0.29) is 18.0 Å². The first-order valence-corrected chi connectivity index (χ1v) is 8.34. The highest BCUT2D eigenvalue weighted by molar-refractivity contribution is 5.85. The van der Waals surface area contributed by atoms with Crippen LogP contribution in [0.5, 0.6) is 0 Å². The van der Waals surface area contributed by atoms with Gasteiger partial charge < -0.3 is 10.1 Å². The van der Waals surface area contributed by atoms with Gasteiger partial charge in [0.05, 0.1) is 7.11 Å². The summed E-state index contributed by atoms with van der Waals surface area (Å²) in [7, 11) is 1.37. The average Bonchev–Trinajstić information content (AvgIpc) is 3.04. The molecule has 21 heavy (non-hydrogen) atoms. The molecule has 2 amide bonds. The molecule has 0 bridgehead atoms. The maximum atomic E-state index is 12.3. The zero-order chi connectivity index (χ0) is 15.1. The third-order valence-electron chi connectivity index (χ3n) is 4.78. The van der Waals surface area contributed by atoms with E-state index in [0.29, 0.717) is 6.54 Å². The van der Waals surface area contributed by atoms with Crippen LogP contribution in [-0.2, 0) is 9.53 Å². The number of nitrogens with zero attached hydrogens (tertiary/aromatic N) is 1. The van der Waals surface area contributed by atoms with E-state index in [1.807, 2.05) is 0 Å². The lowest BCUT2D eigenvalue weighted by atomic mass is 10.0. The van der Waals surface area contributed by atoms with Crippen LogP contribution in [0.2, 0.25) is 0 Å². The zero-order valence-electron chi connectivity index (χ0n) is 13.1. The second kappa shape index (κ2) is 8.25. The summed E-state index contributed by atoms with van der Waals surface area (Å²) < 4.78 is 4.77. The molecule has 2 fully saturated rings. The molecule has 1 saturated carbocycles. The molecule has 0 spiro atoms. The lowest BCUT2D eigenvalue weighted by Crippen LogP contribution is -2.52. The molecular formula is C16H28N2O3. The van der Waals surface area contributed by atoms with Gasteiger partial charge in [-0.2, -0.15) is 0 Å². The quantitative estimate of drug-likeness (QED) is 0.794. The number of piperidine rings is 1. The van der Waals surface area contributed by atoms with Gasteiger partial charge >= 0.3 is 6.09 Å². The number of hydrogen-bond donors (Lipinski definition) is 1. The molecule has 0 unspecified atom stereocenters. The van der Waals surface area contributed by atoms with Gasteiger partial charge in [-0.1, -0.05) is 25.7 Å². The maximum absolute atomic E-state index is 12.3. The summed E-state index contributed by atoms with van der Waals surface area (Å²) in [6.45, 7) is 1.34. The van der Waals surface area contributed by atoms with Gasteiger partial charge in [-0.3, -0.25) is 9.69 Å². The summed E-state index contributed by atoms with van der Waals surface area (Å²) in [6, 6.07) is -0.349. The van der Waals surface area contributed by atoms with E-state index in [0.717, 1.165) is 38.1 Å². The third kappa shape index (κ3) is 4.61. The van der Waals surface area contributed by atoms with Gasteiger partial charge in [-0.25, -0.2) is 4.79 Å². The first-order chi connectivity index (χ1) is 10.2. The molecular weight excluding hydrogens is 268 g/mol. The molecule has 0 aromatic heterocycles. The number of nitrogens with one attached hydrogen (secondary N) is 1. The van der Waals surface area contributed by atoms with Crippen LogP contribution in [0.25, 0.3) is 0 Å². The molecule has 0 radical (unpaired) electrons. The van der Waals surface area contributed by atoms with Gasteiger partial charge in [0.25, 0.3) is 0 Å². The molecule has 5 nitrogen and oxygen atoms in total. The summed E-state index contributed by atoms with van der Waals surface area (Å²) in [5, 5.41) is 3.00. The van der Waals surface area contributed by atoms with Gasteiger partial charge in [-0.05, 0) is 38.0 Å². The van der Waals surface area contributed by atoms with Crippen molar-refractivity contribution in [3.63, 3.8) is 0 Å². The number of rotatable bonds is 5. The van der Waals surface area contributed by atoms with E-state index in [1.54, 1.807) is 4.90 Å². The van der Waals surface area contributed by atoms with Gasteiger partial charge in [-0.15, -0.1) is 0 Å². The van der Waals surface area contributed by atoms with Crippen molar-refractivity contribution in [3.05, 3.63) is 0 Å². The Hall–Kier alpha value is -1.26. The van der Waals surface area contributed by atoms with Crippen molar-refractivity contribution in [2.75, 3.05) is 20.2 Å². The largest absolute Gasteiger partial charge is 0.453 e. The van der Waals surface area contributed by atoms with E-state index >= 15 is 0 Å². The van der Waals surface area contributed by atoms with Gasteiger partial charge in [0.15, 0.2) is 0 Å². The molecule has 1 aliphatic heterocycles. The smallest absolute Gasteiger partial charge is 0.410 e. The highest BCUT2D eigenvalue weighted by Crippen LogP contribution is 2.28. The normalized spacial score (nSPS) is 23.1. The highest BCUT2D eigenvalue weighted by atomic mass is 16.5. The van der Waals surface area contributed by atoms with Crippen molar-refractivity contribution >= 4 is 12.0 Å². The number of hydrogen-bond acceptors (Lipinski definition) is 3. The number of ether oxygens (including phenoxy) is 1. The van der Waals surface area contributed by atoms with Crippen molar-refractivity contribution in [1.82, 2.24) is 10.2 Å². The Morgan fingerprint density at radius 1 is 1.14 bits per heavy atom. The van der Waals surface area contributed by atoms with Crippen molar-refractivity contribution in [3.8, 4) is 0 Å². The Balaban J connectivity index is 1.71. The fourth-order valence-electron chi connectivity index (χ4n) is 3.56. The third-order valence-corrected chi connectivity index (χ3v) is 4.78. The standard InChI is InChI=1S/C16H28N2O3/c1-21-16(20)18-12-5-4-10-14(18)15(19)17-11-6-9-13-7-2-3-8-13/h13-14H,2-12H2,1H3,(H,17,19)/t14-/m0/s1. The fourth-order valence-corrected chi connectivity index (χ4v) is 3.56. The molecule has 5 heteroatoms. The summed E-state index contributed by atoms with van der Waals surface area (Å²) in [5.41, 5.74) is 0. The van der Waals surface area contributed by atoms with E-state index in [2.05, 4.69) is 5.32 Å². The minimum absolute atomic E-state index is 0.0217. The number of likely N-dealkylation sites (tertiary alicyclic amines) is 1. The Labute approximate surface area is 127 Å². The summed E-state index contributed by atoms with van der Waals surface area (Å²) in [6.07, 6.45) is 9.99. The second-order valence-electron chi connectivity index (χ2n) is 6.26. The van der Waals surface area contributed by atoms with Crippen LogP contribution in [0.15, 0.2) is 0 Å². The Bertz CT molecular complexity index is 353. The molecule has 1 atom stereocenters. The molecule has 1 N–H and O–H groups in total. The number of carbonyl (C=O) groups excluding carboxylic acids is 2. The van der Waals surface area contributed by atoms with Crippen LogP contribution in [0, 0.1) is 5.92 Å². The fraction of sp³-hybridized carbons (Fsp3) is 0.875. The van der Waals surface area contributed by atoms with Crippen LogP contribution >= 0.6 is 0 Å². The molecule has 1 saturated heterocycles. The van der Waals surface area contributed by atoms with Crippen molar-refractivity contribution in [2.45, 2.75) is 63.8 Å². The summed E-state index contributed by atoms with van der Waals surface area (Å²) in [5.74, 6) is 0.842. The van der Waals surface area contributed by atoms with E-state index in [4.69, 9.17) is 4.74 Å². The predicted molar refractivity (Wildman–Crippen MR) is 81.0 cm³/mol. The molecule has 2 aliphatic rings. The van der Waals surface area contributed by atoms with Gasteiger partial charge in [0, 0.05) is 13.1 Å². The number of amides is 2. The molecule has 0 aromatic rings. The Morgan fingerprint density at radius 2 is 1.86 bits per heavy atom. The first kappa shape index (κ1) is 16.1. The monoisotopic (exact) mass is 296 g/mol. The predicted octanol–water partition coefficient (Wildman–Crippen LogP) is 2.69. The van der Waals surface area contributed by atoms with E-state index in [1.165, 1.54) is 39.2 Å². The second-order valence-corrected chi connectivity index (χ2v) is 6.26. The molecule has 1 aliphatic carbocycles. The number of methoxy groups -OCH3 is 1. The Kier molecular flexibility index (Phi) is 6.33. The lowest BCUT2D eigenvalue weighted by molar-refractivity contribution is -0.127.